The van der Waals surface area contributed by atoms with Crippen LogP contribution in [0.5, 0.6) is 5.75 Å². The van der Waals surface area contributed by atoms with Gasteiger partial charge in [0, 0.05) is 25.4 Å². The molecule has 3 nitrogen and oxygen atoms in total. The van der Waals surface area contributed by atoms with Crippen molar-refractivity contribution in [2.75, 3.05) is 0 Å². The summed E-state index contributed by atoms with van der Waals surface area (Å²) in [5, 5.41) is 0.884. The lowest BCUT2D eigenvalue weighted by molar-refractivity contribution is 0.188. The van der Waals surface area contributed by atoms with Crippen LogP contribution in [0.15, 0.2) is 61.2 Å². The average molecular weight is 365 g/mol. The van der Waals surface area contributed by atoms with Gasteiger partial charge in [0.25, 0.3) is 0 Å². The van der Waals surface area contributed by atoms with Gasteiger partial charge >= 0.3 is 0 Å². The Morgan fingerprint density at radius 1 is 1.08 bits per heavy atom. The second kappa shape index (κ2) is 7.69. The van der Waals surface area contributed by atoms with E-state index in [-0.39, 0.29) is 11.9 Å². The second-order valence-corrected chi connectivity index (χ2v) is 6.11. The Kier molecular flexibility index (Phi) is 5.38. The van der Waals surface area contributed by atoms with Gasteiger partial charge in [-0.2, -0.15) is 0 Å². The summed E-state index contributed by atoms with van der Waals surface area (Å²) in [6, 6.07) is 11.4. The Morgan fingerprint density at radius 2 is 1.79 bits per heavy atom. The van der Waals surface area contributed by atoms with E-state index in [1.807, 2.05) is 10.8 Å². The molecular formula is C18H15Cl2FN2O. The minimum absolute atomic E-state index is 0.289. The molecule has 1 unspecified atom stereocenters. The summed E-state index contributed by atoms with van der Waals surface area (Å²) in [4.78, 5) is 4.03. The number of hydrogen-bond acceptors (Lipinski definition) is 2. The average Bonchev–Trinajstić information content (AvgIpc) is 3.08. The van der Waals surface area contributed by atoms with Crippen LogP contribution in [0.25, 0.3) is 0 Å². The predicted octanol–water partition coefficient (Wildman–Crippen LogP) is 5.54. The summed E-state index contributed by atoms with van der Waals surface area (Å²) < 4.78 is 21.3. The highest BCUT2D eigenvalue weighted by Gasteiger charge is 2.17. The zero-order valence-corrected chi connectivity index (χ0v) is 14.2. The molecule has 0 saturated carbocycles. The SMILES string of the molecule is Fc1ccc(C(CCn2ccnc2)Oc2c(Cl)cccc2Cl)cc1. The van der Waals surface area contributed by atoms with Crippen molar-refractivity contribution < 1.29 is 9.13 Å². The number of aromatic nitrogens is 2. The van der Waals surface area contributed by atoms with Crippen molar-refractivity contribution in [1.29, 1.82) is 0 Å². The standard InChI is InChI=1S/C18H15Cl2FN2O/c19-15-2-1-3-16(20)18(15)24-17(8-10-23-11-9-22-12-23)13-4-6-14(21)7-5-13/h1-7,9,11-12,17H,8,10H2. The van der Waals surface area contributed by atoms with E-state index in [2.05, 4.69) is 4.98 Å². The molecule has 24 heavy (non-hydrogen) atoms. The summed E-state index contributed by atoms with van der Waals surface area (Å²) in [5.41, 5.74) is 0.854. The van der Waals surface area contributed by atoms with Crippen molar-refractivity contribution in [3.05, 3.63) is 82.6 Å². The largest absolute Gasteiger partial charge is 0.483 e. The second-order valence-electron chi connectivity index (χ2n) is 5.30. The molecule has 3 rings (SSSR count). The molecule has 6 heteroatoms. The van der Waals surface area contributed by atoms with E-state index in [9.17, 15) is 4.39 Å². The number of hydrogen-bond donors (Lipinski definition) is 0. The van der Waals surface area contributed by atoms with Crippen LogP contribution in [-0.4, -0.2) is 9.55 Å². The minimum Gasteiger partial charge on any atom is -0.483 e. The van der Waals surface area contributed by atoms with Crippen molar-refractivity contribution in [2.24, 2.45) is 0 Å². The van der Waals surface area contributed by atoms with Crippen molar-refractivity contribution in [2.45, 2.75) is 19.1 Å². The summed E-state index contributed by atoms with van der Waals surface area (Å²) in [5.74, 6) is 0.142. The van der Waals surface area contributed by atoms with Gasteiger partial charge in [0.1, 0.15) is 11.9 Å². The Morgan fingerprint density at radius 3 is 2.42 bits per heavy atom. The van der Waals surface area contributed by atoms with Gasteiger partial charge in [-0.05, 0) is 29.8 Å². The zero-order chi connectivity index (χ0) is 16.9. The number of rotatable bonds is 6. The maximum absolute atomic E-state index is 13.2. The van der Waals surface area contributed by atoms with E-state index >= 15 is 0 Å². The number of halogens is 3. The quantitative estimate of drug-likeness (QED) is 0.574. The number of nitrogens with zero attached hydrogens (tertiary/aromatic N) is 2. The molecule has 1 atom stereocenters. The first-order chi connectivity index (χ1) is 11.6. The highest BCUT2D eigenvalue weighted by atomic mass is 35.5. The van der Waals surface area contributed by atoms with Crippen LogP contribution in [-0.2, 0) is 6.54 Å². The molecule has 0 amide bonds. The molecule has 0 saturated heterocycles. The van der Waals surface area contributed by atoms with Crippen molar-refractivity contribution in [3.63, 3.8) is 0 Å². The van der Waals surface area contributed by atoms with Crippen LogP contribution < -0.4 is 4.74 Å². The first-order valence-electron chi connectivity index (χ1n) is 7.45. The Hall–Kier alpha value is -2.04. The summed E-state index contributed by atoms with van der Waals surface area (Å²) in [7, 11) is 0. The molecule has 124 valence electrons. The van der Waals surface area contributed by atoms with Crippen LogP contribution in [0, 0.1) is 5.82 Å². The van der Waals surface area contributed by atoms with E-state index in [4.69, 9.17) is 27.9 Å². The van der Waals surface area contributed by atoms with Gasteiger partial charge in [0.05, 0.1) is 16.4 Å². The number of ether oxygens (including phenoxy) is 1. The number of imidazole rings is 1. The van der Waals surface area contributed by atoms with E-state index in [1.54, 1.807) is 42.9 Å². The summed E-state index contributed by atoms with van der Waals surface area (Å²) in [6.07, 6.45) is 5.68. The number of aryl methyl sites for hydroxylation is 1. The molecule has 0 spiro atoms. The van der Waals surface area contributed by atoms with Crippen LogP contribution in [0.3, 0.4) is 0 Å². The molecule has 2 aromatic carbocycles. The van der Waals surface area contributed by atoms with Crippen molar-refractivity contribution in [3.8, 4) is 5.75 Å². The van der Waals surface area contributed by atoms with Crippen LogP contribution >= 0.6 is 23.2 Å². The maximum Gasteiger partial charge on any atom is 0.157 e. The topological polar surface area (TPSA) is 27.1 Å². The van der Waals surface area contributed by atoms with Crippen LogP contribution in [0.2, 0.25) is 10.0 Å². The fraction of sp³-hybridized carbons (Fsp3) is 0.167. The third-order valence-electron chi connectivity index (χ3n) is 3.63. The Bertz CT molecular complexity index is 771. The summed E-state index contributed by atoms with van der Waals surface area (Å²) >= 11 is 12.4. The van der Waals surface area contributed by atoms with Gasteiger partial charge in [-0.1, -0.05) is 41.4 Å². The Balaban J connectivity index is 1.84. The Labute approximate surface area is 149 Å². The van der Waals surface area contributed by atoms with Gasteiger partial charge in [-0.15, -0.1) is 0 Å². The van der Waals surface area contributed by atoms with Gasteiger partial charge in [0.2, 0.25) is 0 Å². The zero-order valence-electron chi connectivity index (χ0n) is 12.7. The molecule has 0 N–H and O–H groups in total. The van der Waals surface area contributed by atoms with Gasteiger partial charge < -0.3 is 9.30 Å². The minimum atomic E-state index is -0.314. The third-order valence-corrected chi connectivity index (χ3v) is 4.22. The molecule has 0 bridgehead atoms. The van der Waals surface area contributed by atoms with Crippen LogP contribution in [0.4, 0.5) is 4.39 Å². The lowest BCUT2D eigenvalue weighted by atomic mass is 10.1. The van der Waals surface area contributed by atoms with E-state index in [0.29, 0.717) is 28.8 Å². The molecule has 1 aromatic heterocycles. The van der Waals surface area contributed by atoms with E-state index in [1.165, 1.54) is 12.1 Å². The number of para-hydroxylation sites is 1. The summed E-state index contributed by atoms with van der Waals surface area (Å²) in [6.45, 7) is 0.699. The lowest BCUT2D eigenvalue weighted by Gasteiger charge is -2.21. The molecule has 0 aliphatic heterocycles. The molecule has 0 aliphatic rings. The van der Waals surface area contributed by atoms with Crippen molar-refractivity contribution >= 4 is 23.2 Å². The normalized spacial score (nSPS) is 12.1. The highest BCUT2D eigenvalue weighted by molar-refractivity contribution is 6.37. The molecule has 3 aromatic rings. The van der Waals surface area contributed by atoms with E-state index in [0.717, 1.165) is 5.56 Å². The van der Waals surface area contributed by atoms with Gasteiger partial charge in [-0.25, -0.2) is 9.37 Å². The van der Waals surface area contributed by atoms with Crippen LogP contribution in [0.1, 0.15) is 18.1 Å². The fourth-order valence-electron chi connectivity index (χ4n) is 2.39. The fourth-order valence-corrected chi connectivity index (χ4v) is 2.88. The first kappa shape index (κ1) is 16.8. The first-order valence-corrected chi connectivity index (χ1v) is 8.21. The maximum atomic E-state index is 13.2. The molecule has 0 aliphatic carbocycles. The monoisotopic (exact) mass is 364 g/mol. The van der Waals surface area contributed by atoms with E-state index < -0.39 is 0 Å². The van der Waals surface area contributed by atoms with Gasteiger partial charge in [0.15, 0.2) is 5.75 Å². The molecular weight excluding hydrogens is 350 g/mol. The number of benzene rings is 2. The highest BCUT2D eigenvalue weighted by Crippen LogP contribution is 2.36. The smallest absolute Gasteiger partial charge is 0.157 e. The van der Waals surface area contributed by atoms with Crippen molar-refractivity contribution in [1.82, 2.24) is 9.55 Å². The molecule has 0 fully saturated rings. The predicted molar refractivity (Wildman–Crippen MR) is 93.1 cm³/mol. The lowest BCUT2D eigenvalue weighted by Crippen LogP contribution is -2.11. The molecule has 0 radical (unpaired) electrons. The third kappa shape index (κ3) is 4.08. The molecule has 1 heterocycles. The van der Waals surface area contributed by atoms with Gasteiger partial charge in [-0.3, -0.25) is 0 Å².